The molecule has 1 aliphatic rings. The van der Waals surface area contributed by atoms with Crippen LogP contribution in [-0.2, 0) is 16.1 Å². The monoisotopic (exact) mass is 400 g/mol. The van der Waals surface area contributed by atoms with Gasteiger partial charge in [-0.3, -0.25) is 14.6 Å². The zero-order valence-electron chi connectivity index (χ0n) is 16.3. The van der Waals surface area contributed by atoms with E-state index in [0.29, 0.717) is 11.1 Å². The molecule has 6 heteroatoms. The topological polar surface area (TPSA) is 90.7 Å². The average molecular weight is 400 g/mol. The molecule has 2 heterocycles. The van der Waals surface area contributed by atoms with Gasteiger partial charge in [0.25, 0.3) is 11.7 Å². The second-order valence-electron chi connectivity index (χ2n) is 7.25. The molecule has 0 spiro atoms. The van der Waals surface area contributed by atoms with E-state index in [2.05, 4.69) is 4.98 Å². The number of pyridine rings is 1. The quantitative estimate of drug-likeness (QED) is 0.396. The lowest BCUT2D eigenvalue weighted by molar-refractivity contribution is -0.140. The number of aliphatic hydroxyl groups is 1. The minimum atomic E-state index is -0.785. The Morgan fingerprint density at radius 3 is 2.37 bits per heavy atom. The molecule has 2 aromatic carbocycles. The van der Waals surface area contributed by atoms with Gasteiger partial charge in [0.1, 0.15) is 11.5 Å². The van der Waals surface area contributed by atoms with Gasteiger partial charge in [-0.1, -0.05) is 48.0 Å². The molecule has 1 amide bonds. The van der Waals surface area contributed by atoms with Gasteiger partial charge in [-0.2, -0.15) is 0 Å². The summed E-state index contributed by atoms with van der Waals surface area (Å²) in [6.45, 7) is 2.09. The zero-order valence-corrected chi connectivity index (χ0v) is 16.3. The number of aromatic nitrogens is 1. The first-order valence-corrected chi connectivity index (χ1v) is 9.49. The molecule has 1 unspecified atom stereocenters. The standard InChI is InChI=1S/C24H20N2O4/c1-15-4-6-18(7-5-15)22(28)20-21(17-8-10-19(27)11-9-17)26(24(30)23(20)29)14-16-3-2-12-25-13-16/h2-13,21,27-28H,14H2,1H3. The Morgan fingerprint density at radius 1 is 1.03 bits per heavy atom. The van der Waals surface area contributed by atoms with Gasteiger partial charge in [0.2, 0.25) is 0 Å². The summed E-state index contributed by atoms with van der Waals surface area (Å²) in [4.78, 5) is 31.4. The number of Topliss-reactive ketones (excluding diaryl/α,β-unsaturated/α-hetero) is 1. The number of phenols is 1. The fourth-order valence-corrected chi connectivity index (χ4v) is 3.60. The molecular weight excluding hydrogens is 380 g/mol. The van der Waals surface area contributed by atoms with E-state index in [0.717, 1.165) is 11.1 Å². The Balaban J connectivity index is 1.85. The molecule has 0 saturated carbocycles. The summed E-state index contributed by atoms with van der Waals surface area (Å²) >= 11 is 0. The van der Waals surface area contributed by atoms with Crippen LogP contribution in [0.2, 0.25) is 0 Å². The van der Waals surface area contributed by atoms with Crippen LogP contribution < -0.4 is 0 Å². The van der Waals surface area contributed by atoms with E-state index in [1.54, 1.807) is 42.7 Å². The van der Waals surface area contributed by atoms with Gasteiger partial charge < -0.3 is 15.1 Å². The predicted octanol–water partition coefficient (Wildman–Crippen LogP) is 3.72. The summed E-state index contributed by atoms with van der Waals surface area (Å²) in [5, 5.41) is 20.7. The van der Waals surface area contributed by atoms with E-state index in [4.69, 9.17) is 0 Å². The highest BCUT2D eigenvalue weighted by atomic mass is 16.3. The van der Waals surface area contributed by atoms with E-state index >= 15 is 0 Å². The molecule has 1 aliphatic heterocycles. The number of carbonyl (C=O) groups excluding carboxylic acids is 2. The second-order valence-corrected chi connectivity index (χ2v) is 7.25. The number of hydrogen-bond donors (Lipinski definition) is 2. The highest BCUT2D eigenvalue weighted by Gasteiger charge is 2.46. The van der Waals surface area contributed by atoms with Crippen molar-refractivity contribution in [2.45, 2.75) is 19.5 Å². The van der Waals surface area contributed by atoms with Crippen LogP contribution in [-0.4, -0.2) is 31.8 Å². The van der Waals surface area contributed by atoms with Gasteiger partial charge in [-0.05, 0) is 36.2 Å². The van der Waals surface area contributed by atoms with Crippen molar-refractivity contribution in [2.24, 2.45) is 0 Å². The van der Waals surface area contributed by atoms with E-state index < -0.39 is 17.7 Å². The number of nitrogens with zero attached hydrogens (tertiary/aromatic N) is 2. The average Bonchev–Trinajstić information content (AvgIpc) is 3.00. The van der Waals surface area contributed by atoms with Crippen LogP contribution in [0.1, 0.15) is 28.3 Å². The number of benzene rings is 2. The first-order valence-electron chi connectivity index (χ1n) is 9.49. The van der Waals surface area contributed by atoms with Crippen LogP contribution in [0.3, 0.4) is 0 Å². The number of rotatable bonds is 4. The first kappa shape index (κ1) is 19.4. The smallest absolute Gasteiger partial charge is 0.295 e. The summed E-state index contributed by atoms with van der Waals surface area (Å²) in [5.41, 5.74) is 2.88. The highest BCUT2D eigenvalue weighted by molar-refractivity contribution is 6.46. The summed E-state index contributed by atoms with van der Waals surface area (Å²) in [5.74, 6) is -1.58. The third-order valence-corrected chi connectivity index (χ3v) is 5.15. The maximum absolute atomic E-state index is 13.0. The second kappa shape index (κ2) is 7.83. The predicted molar refractivity (Wildman–Crippen MR) is 111 cm³/mol. The molecule has 1 saturated heterocycles. The lowest BCUT2D eigenvalue weighted by Gasteiger charge is -2.25. The molecule has 0 radical (unpaired) electrons. The van der Waals surface area contributed by atoms with Crippen LogP contribution in [0, 0.1) is 6.92 Å². The normalized spacial score (nSPS) is 18.0. The van der Waals surface area contributed by atoms with Crippen LogP contribution >= 0.6 is 0 Å². The number of likely N-dealkylation sites (tertiary alicyclic amines) is 1. The van der Waals surface area contributed by atoms with E-state index in [9.17, 15) is 19.8 Å². The van der Waals surface area contributed by atoms with Gasteiger partial charge in [-0.15, -0.1) is 0 Å². The van der Waals surface area contributed by atoms with E-state index in [1.807, 2.05) is 25.1 Å². The van der Waals surface area contributed by atoms with E-state index in [1.165, 1.54) is 17.0 Å². The molecule has 1 atom stereocenters. The molecule has 3 aromatic rings. The third-order valence-electron chi connectivity index (χ3n) is 5.15. The fraction of sp³-hybridized carbons (Fsp3) is 0.125. The molecule has 0 bridgehead atoms. The van der Waals surface area contributed by atoms with Crippen molar-refractivity contribution >= 4 is 17.4 Å². The summed E-state index contributed by atoms with van der Waals surface area (Å²) < 4.78 is 0. The summed E-state index contributed by atoms with van der Waals surface area (Å²) in [7, 11) is 0. The van der Waals surface area contributed by atoms with Crippen molar-refractivity contribution in [2.75, 3.05) is 0 Å². The Bertz CT molecular complexity index is 1120. The van der Waals surface area contributed by atoms with Crippen molar-refractivity contribution in [3.05, 3.63) is 101 Å². The van der Waals surface area contributed by atoms with Gasteiger partial charge >= 0.3 is 0 Å². The SMILES string of the molecule is Cc1ccc(C(O)=C2C(=O)C(=O)N(Cc3cccnc3)C2c2ccc(O)cc2)cc1. The highest BCUT2D eigenvalue weighted by Crippen LogP contribution is 2.40. The largest absolute Gasteiger partial charge is 0.508 e. The number of ketones is 1. The molecule has 30 heavy (non-hydrogen) atoms. The van der Waals surface area contributed by atoms with E-state index in [-0.39, 0.29) is 23.6 Å². The molecule has 1 aromatic heterocycles. The first-order chi connectivity index (χ1) is 14.5. The van der Waals surface area contributed by atoms with Crippen molar-refractivity contribution in [3.8, 4) is 5.75 Å². The van der Waals surface area contributed by atoms with Gasteiger partial charge in [0.05, 0.1) is 11.6 Å². The zero-order chi connectivity index (χ0) is 21.3. The van der Waals surface area contributed by atoms with Gasteiger partial charge in [0.15, 0.2) is 0 Å². The number of amides is 1. The molecule has 2 N–H and O–H groups in total. The molecular formula is C24H20N2O4. The Hall–Kier alpha value is -3.93. The lowest BCUT2D eigenvalue weighted by atomic mass is 9.95. The third kappa shape index (κ3) is 3.55. The Kier molecular flexibility index (Phi) is 5.06. The summed E-state index contributed by atoms with van der Waals surface area (Å²) in [6, 6.07) is 16.2. The minimum Gasteiger partial charge on any atom is -0.508 e. The Morgan fingerprint density at radius 2 is 1.73 bits per heavy atom. The lowest BCUT2D eigenvalue weighted by Crippen LogP contribution is -2.29. The van der Waals surface area contributed by atoms with Gasteiger partial charge in [-0.25, -0.2) is 0 Å². The number of aliphatic hydroxyl groups excluding tert-OH is 1. The maximum Gasteiger partial charge on any atom is 0.295 e. The molecule has 150 valence electrons. The van der Waals surface area contributed by atoms with Crippen LogP contribution in [0.4, 0.5) is 0 Å². The van der Waals surface area contributed by atoms with Crippen molar-refractivity contribution in [3.63, 3.8) is 0 Å². The van der Waals surface area contributed by atoms with Crippen molar-refractivity contribution in [1.29, 1.82) is 0 Å². The van der Waals surface area contributed by atoms with Crippen LogP contribution in [0.15, 0.2) is 78.6 Å². The number of phenolic OH excluding ortho intramolecular Hbond substituents is 1. The van der Waals surface area contributed by atoms with Crippen LogP contribution in [0.5, 0.6) is 5.75 Å². The maximum atomic E-state index is 13.0. The molecule has 1 fully saturated rings. The fourth-order valence-electron chi connectivity index (χ4n) is 3.60. The molecule has 0 aliphatic carbocycles. The van der Waals surface area contributed by atoms with Crippen molar-refractivity contribution in [1.82, 2.24) is 9.88 Å². The number of hydrogen-bond acceptors (Lipinski definition) is 5. The molecule has 6 nitrogen and oxygen atoms in total. The number of aromatic hydroxyl groups is 1. The Labute approximate surface area is 173 Å². The number of carbonyl (C=O) groups is 2. The van der Waals surface area contributed by atoms with Crippen molar-refractivity contribution < 1.29 is 19.8 Å². The minimum absolute atomic E-state index is 0.0263. The van der Waals surface area contributed by atoms with Gasteiger partial charge in [0, 0.05) is 24.5 Å². The summed E-state index contributed by atoms with van der Waals surface area (Å²) in [6.07, 6.45) is 3.26. The number of aryl methyl sites for hydroxylation is 1. The molecule has 4 rings (SSSR count). The van der Waals surface area contributed by atoms with Crippen LogP contribution in [0.25, 0.3) is 5.76 Å².